The van der Waals surface area contributed by atoms with Crippen molar-refractivity contribution in [1.29, 1.82) is 0 Å². The molecular formula is C19H14F6O2. The van der Waals surface area contributed by atoms with Gasteiger partial charge in [-0.05, 0) is 35.4 Å². The lowest BCUT2D eigenvalue weighted by Gasteiger charge is -2.11. The molecule has 2 rings (SSSR count). The number of rotatable bonds is 4. The molecule has 0 amide bonds. The predicted octanol–water partition coefficient (Wildman–Crippen LogP) is 5.87. The Kier molecular flexibility index (Phi) is 5.98. The minimum atomic E-state index is -4.55. The van der Waals surface area contributed by atoms with Crippen molar-refractivity contribution < 1.29 is 35.9 Å². The monoisotopic (exact) mass is 388 g/mol. The maximum Gasteiger partial charge on any atom is 0.416 e. The molecule has 0 unspecified atom stereocenters. The van der Waals surface area contributed by atoms with E-state index in [9.17, 15) is 31.1 Å². The fourth-order valence-electron chi connectivity index (χ4n) is 2.35. The number of carbonyl (C=O) groups excluding carboxylic acids is 1. The zero-order valence-corrected chi connectivity index (χ0v) is 14.0. The Labute approximate surface area is 151 Å². The van der Waals surface area contributed by atoms with Gasteiger partial charge >= 0.3 is 18.3 Å². The van der Waals surface area contributed by atoms with Gasteiger partial charge in [-0.3, -0.25) is 4.79 Å². The van der Waals surface area contributed by atoms with Crippen LogP contribution in [0.4, 0.5) is 26.3 Å². The van der Waals surface area contributed by atoms with Crippen LogP contribution in [0.15, 0.2) is 54.3 Å². The van der Waals surface area contributed by atoms with Crippen molar-refractivity contribution in [2.75, 3.05) is 0 Å². The molecule has 0 fully saturated rings. The van der Waals surface area contributed by atoms with Gasteiger partial charge in [0.05, 0.1) is 11.1 Å². The molecule has 27 heavy (non-hydrogen) atoms. The molecule has 8 heteroatoms. The van der Waals surface area contributed by atoms with E-state index in [0.29, 0.717) is 0 Å². The number of alkyl halides is 6. The van der Waals surface area contributed by atoms with Gasteiger partial charge in [-0.15, -0.1) is 0 Å². The molecule has 144 valence electrons. The Morgan fingerprint density at radius 3 is 2.04 bits per heavy atom. The Morgan fingerprint density at radius 2 is 1.48 bits per heavy atom. The minimum absolute atomic E-state index is 0.0684. The number of allylic oxidation sites excluding steroid dienone is 1. The minimum Gasteiger partial charge on any atom is -0.431 e. The quantitative estimate of drug-likeness (QED) is 0.372. The summed E-state index contributed by atoms with van der Waals surface area (Å²) in [6.45, 7) is 1.09. The van der Waals surface area contributed by atoms with Crippen molar-refractivity contribution in [2.24, 2.45) is 0 Å². The van der Waals surface area contributed by atoms with Gasteiger partial charge in [-0.1, -0.05) is 30.3 Å². The zero-order valence-electron chi connectivity index (χ0n) is 14.0. The van der Waals surface area contributed by atoms with Crippen LogP contribution in [-0.4, -0.2) is 5.97 Å². The summed E-state index contributed by atoms with van der Waals surface area (Å²) in [5.41, 5.74) is -1.46. The largest absolute Gasteiger partial charge is 0.431 e. The molecule has 2 aromatic rings. The van der Waals surface area contributed by atoms with Gasteiger partial charge in [0.15, 0.2) is 0 Å². The lowest BCUT2D eigenvalue weighted by Crippen LogP contribution is -2.07. The van der Waals surface area contributed by atoms with Crippen molar-refractivity contribution >= 4 is 12.0 Å². The average Bonchev–Trinajstić information content (AvgIpc) is 2.53. The van der Waals surface area contributed by atoms with E-state index in [1.165, 1.54) is 30.3 Å². The molecule has 2 nitrogen and oxygen atoms in total. The molecule has 0 N–H and O–H groups in total. The fourth-order valence-corrected chi connectivity index (χ4v) is 2.35. The lowest BCUT2D eigenvalue weighted by molar-refractivity contribution is -0.138. The van der Waals surface area contributed by atoms with Crippen molar-refractivity contribution in [3.8, 4) is 0 Å². The second-order valence-electron chi connectivity index (χ2n) is 5.70. The highest BCUT2D eigenvalue weighted by Gasteiger charge is 2.31. The predicted molar refractivity (Wildman–Crippen MR) is 86.3 cm³/mol. The van der Waals surface area contributed by atoms with Gasteiger partial charge in [0.2, 0.25) is 0 Å². The van der Waals surface area contributed by atoms with Crippen LogP contribution >= 0.6 is 0 Å². The number of esters is 1. The molecule has 0 radical (unpaired) electrons. The van der Waals surface area contributed by atoms with Crippen molar-refractivity contribution in [3.63, 3.8) is 0 Å². The van der Waals surface area contributed by atoms with Crippen molar-refractivity contribution in [1.82, 2.24) is 0 Å². The Morgan fingerprint density at radius 1 is 0.926 bits per heavy atom. The molecule has 0 bridgehead atoms. The van der Waals surface area contributed by atoms with Gasteiger partial charge in [0.1, 0.15) is 5.76 Å². The normalized spacial score (nSPS) is 12.8. The van der Waals surface area contributed by atoms with E-state index in [1.807, 2.05) is 0 Å². The lowest BCUT2D eigenvalue weighted by atomic mass is 10.0. The summed E-state index contributed by atoms with van der Waals surface area (Å²) in [6, 6.07) is 8.68. The van der Waals surface area contributed by atoms with Crippen LogP contribution in [0, 0.1) is 0 Å². The molecule has 0 aliphatic rings. The average molecular weight is 388 g/mol. The Balaban J connectivity index is 2.36. The van der Waals surface area contributed by atoms with Gasteiger partial charge in [-0.25, -0.2) is 0 Å². The van der Waals surface area contributed by atoms with E-state index in [0.717, 1.165) is 31.2 Å². The Hall–Kier alpha value is -2.77. The van der Waals surface area contributed by atoms with Gasteiger partial charge in [-0.2, -0.15) is 26.3 Å². The summed E-state index contributed by atoms with van der Waals surface area (Å²) in [5.74, 6) is -0.804. The van der Waals surface area contributed by atoms with E-state index in [2.05, 4.69) is 0 Å². The molecule has 0 aliphatic heterocycles. The topological polar surface area (TPSA) is 26.3 Å². The summed E-state index contributed by atoms with van der Waals surface area (Å²) in [5, 5.41) is 0. The Bertz CT molecular complexity index is 850. The second kappa shape index (κ2) is 7.85. The first-order valence-corrected chi connectivity index (χ1v) is 7.67. The molecule has 0 saturated heterocycles. The molecule has 0 spiro atoms. The first kappa shape index (κ1) is 20.5. The fraction of sp³-hybridized carbons (Fsp3) is 0.211. The number of hydrogen-bond donors (Lipinski definition) is 0. The maximum atomic E-state index is 12.8. The van der Waals surface area contributed by atoms with E-state index in [-0.39, 0.29) is 23.3 Å². The molecule has 0 atom stereocenters. The first-order valence-electron chi connectivity index (χ1n) is 7.67. The van der Waals surface area contributed by atoms with Crippen LogP contribution in [0.2, 0.25) is 0 Å². The van der Waals surface area contributed by atoms with Crippen molar-refractivity contribution in [2.45, 2.75) is 25.7 Å². The highest BCUT2D eigenvalue weighted by molar-refractivity contribution is 5.69. The van der Waals surface area contributed by atoms with Crippen LogP contribution in [0.25, 0.3) is 6.08 Å². The van der Waals surface area contributed by atoms with Crippen molar-refractivity contribution in [3.05, 3.63) is 76.5 Å². The van der Waals surface area contributed by atoms with Crippen LogP contribution in [0.5, 0.6) is 0 Å². The SMILES string of the molecule is CC(=O)O/C(=C/c1cccc(C(F)(F)F)c1)Cc1cccc(C(F)(F)F)c1. The number of carbonyl (C=O) groups is 1. The maximum absolute atomic E-state index is 12.8. The summed E-state index contributed by atoms with van der Waals surface area (Å²) in [6.07, 6.45) is -8.09. The van der Waals surface area contributed by atoms with E-state index in [1.54, 1.807) is 0 Å². The van der Waals surface area contributed by atoms with E-state index in [4.69, 9.17) is 4.74 Å². The number of benzene rings is 2. The standard InChI is InChI=1S/C19H14F6O2/c1-12(26)27-17(10-13-4-2-6-15(8-13)18(20,21)22)11-14-5-3-7-16(9-14)19(23,24)25/h2-10H,11H2,1H3/b17-10+. The number of ether oxygens (including phenoxy) is 1. The van der Waals surface area contributed by atoms with Crippen LogP contribution < -0.4 is 0 Å². The summed E-state index contributed by atoms with van der Waals surface area (Å²) >= 11 is 0. The van der Waals surface area contributed by atoms with Crippen LogP contribution in [0.3, 0.4) is 0 Å². The number of hydrogen-bond acceptors (Lipinski definition) is 2. The first-order chi connectivity index (χ1) is 12.4. The molecule has 0 aromatic heterocycles. The van der Waals surface area contributed by atoms with Gasteiger partial charge in [0, 0.05) is 13.3 Å². The summed E-state index contributed by atoms with van der Waals surface area (Å²) < 4.78 is 81.8. The molecule has 0 heterocycles. The van der Waals surface area contributed by atoms with E-state index >= 15 is 0 Å². The third-order valence-corrected chi connectivity index (χ3v) is 3.45. The molecule has 2 aromatic carbocycles. The molecule has 0 aliphatic carbocycles. The smallest absolute Gasteiger partial charge is 0.416 e. The van der Waals surface area contributed by atoms with Gasteiger partial charge in [0.25, 0.3) is 0 Å². The second-order valence-corrected chi connectivity index (χ2v) is 5.70. The van der Waals surface area contributed by atoms with E-state index < -0.39 is 29.4 Å². The third-order valence-electron chi connectivity index (χ3n) is 3.45. The number of halogens is 6. The highest BCUT2D eigenvalue weighted by atomic mass is 19.4. The highest BCUT2D eigenvalue weighted by Crippen LogP contribution is 2.31. The summed E-state index contributed by atoms with van der Waals surface area (Å²) in [4.78, 5) is 11.3. The van der Waals surface area contributed by atoms with Gasteiger partial charge < -0.3 is 4.74 Å². The third kappa shape index (κ3) is 6.16. The van der Waals surface area contributed by atoms with Crippen LogP contribution in [0.1, 0.15) is 29.2 Å². The summed E-state index contributed by atoms with van der Waals surface area (Å²) in [7, 11) is 0. The molecule has 0 saturated carbocycles. The zero-order chi connectivity index (χ0) is 20.2. The van der Waals surface area contributed by atoms with Crippen LogP contribution in [-0.2, 0) is 28.3 Å². The molecular weight excluding hydrogens is 374 g/mol.